The van der Waals surface area contributed by atoms with Gasteiger partial charge in [-0.2, -0.15) is 0 Å². The fourth-order valence-corrected chi connectivity index (χ4v) is 6.19. The number of amides is 3. The van der Waals surface area contributed by atoms with Gasteiger partial charge in [0.05, 0.1) is 16.9 Å². The zero-order valence-electron chi connectivity index (χ0n) is 15.6. The first-order chi connectivity index (χ1) is 13.3. The molecule has 146 valence electrons. The molecule has 0 radical (unpaired) electrons. The molecule has 4 aliphatic carbocycles. The van der Waals surface area contributed by atoms with Gasteiger partial charge in [0.2, 0.25) is 17.7 Å². The average Bonchev–Trinajstić information content (AvgIpc) is 3.42. The number of imide groups is 1. The van der Waals surface area contributed by atoms with Gasteiger partial charge >= 0.3 is 0 Å². The van der Waals surface area contributed by atoms with E-state index in [0.717, 1.165) is 16.5 Å². The Morgan fingerprint density at radius 1 is 1.18 bits per heavy atom. The van der Waals surface area contributed by atoms with Crippen LogP contribution in [-0.4, -0.2) is 29.3 Å². The van der Waals surface area contributed by atoms with E-state index < -0.39 is 0 Å². The van der Waals surface area contributed by atoms with Crippen LogP contribution in [0.15, 0.2) is 28.8 Å². The Bertz CT molecular complexity index is 925. The second-order valence-corrected chi connectivity index (χ2v) is 9.66. The minimum atomic E-state index is -0.255. The number of halogens is 2. The molecule has 0 aromatic heterocycles. The second-order valence-electron chi connectivity index (χ2n) is 8.40. The zero-order valence-corrected chi connectivity index (χ0v) is 17.9. The monoisotopic (exact) mass is 462 g/mol. The molecule has 6 rings (SSSR count). The number of hydrogen-bond acceptors (Lipinski definition) is 3. The number of aryl methyl sites for hydroxylation is 1. The Balaban J connectivity index is 1.47. The highest BCUT2D eigenvalue weighted by Crippen LogP contribution is 2.65. The van der Waals surface area contributed by atoms with Gasteiger partial charge in [0.25, 0.3) is 0 Å². The van der Waals surface area contributed by atoms with Crippen LogP contribution in [0.2, 0.25) is 5.02 Å². The molecule has 1 aromatic carbocycles. The highest BCUT2D eigenvalue weighted by molar-refractivity contribution is 9.10. The van der Waals surface area contributed by atoms with Crippen LogP contribution in [0, 0.1) is 42.4 Å². The lowest BCUT2D eigenvalue weighted by atomic mass is 9.63. The molecule has 2 saturated carbocycles. The number of allylic oxidation sites excluding steroid dienone is 2. The molecule has 1 saturated heterocycles. The van der Waals surface area contributed by atoms with Crippen molar-refractivity contribution < 1.29 is 14.4 Å². The van der Waals surface area contributed by atoms with Crippen molar-refractivity contribution >= 4 is 50.9 Å². The van der Waals surface area contributed by atoms with Crippen LogP contribution < -0.4 is 4.90 Å². The van der Waals surface area contributed by atoms with Crippen LogP contribution in [0.3, 0.4) is 0 Å². The quantitative estimate of drug-likeness (QED) is 0.506. The van der Waals surface area contributed by atoms with Crippen molar-refractivity contribution in [3.63, 3.8) is 0 Å². The number of carbonyl (C=O) groups is 3. The van der Waals surface area contributed by atoms with Crippen molar-refractivity contribution in [1.29, 1.82) is 0 Å². The van der Waals surface area contributed by atoms with Gasteiger partial charge in [-0.1, -0.05) is 23.8 Å². The third kappa shape index (κ3) is 2.47. The van der Waals surface area contributed by atoms with Crippen LogP contribution in [0.25, 0.3) is 0 Å². The van der Waals surface area contributed by atoms with Gasteiger partial charge in [0, 0.05) is 17.1 Å². The number of benzene rings is 1. The van der Waals surface area contributed by atoms with Crippen molar-refractivity contribution in [2.45, 2.75) is 20.3 Å². The molecule has 3 amide bonds. The molecule has 1 heterocycles. The van der Waals surface area contributed by atoms with Crippen molar-refractivity contribution in [3.8, 4) is 0 Å². The van der Waals surface area contributed by atoms with E-state index in [2.05, 4.69) is 28.1 Å². The second kappa shape index (κ2) is 6.17. The zero-order chi connectivity index (χ0) is 19.9. The minimum Gasteiger partial charge on any atom is -0.294 e. The average molecular weight is 464 g/mol. The summed E-state index contributed by atoms with van der Waals surface area (Å²) >= 11 is 9.62. The first-order valence-corrected chi connectivity index (χ1v) is 10.7. The lowest BCUT2D eigenvalue weighted by Gasteiger charge is -2.37. The van der Waals surface area contributed by atoms with E-state index in [-0.39, 0.29) is 48.1 Å². The molecule has 6 atom stereocenters. The maximum absolute atomic E-state index is 13.2. The van der Waals surface area contributed by atoms with Gasteiger partial charge in [0.15, 0.2) is 0 Å². The topological polar surface area (TPSA) is 57.7 Å². The molecule has 0 spiro atoms. The van der Waals surface area contributed by atoms with Crippen molar-refractivity contribution in [1.82, 2.24) is 4.90 Å². The maximum atomic E-state index is 13.2. The van der Waals surface area contributed by atoms with E-state index >= 15 is 0 Å². The summed E-state index contributed by atoms with van der Waals surface area (Å²) in [6, 6.07) is 3.53. The standard InChI is InChI=1S/C21H20BrClN2O3/c1-9-5-15(22)16(23)7-17(9)24(10(2)26)8-25-20(27)18-11-3-4-12(14-6-13(11)14)19(18)21(25)28/h3-5,7,11-14,18-19H,6,8H2,1-2H3. The number of likely N-dealkylation sites (tertiary alicyclic amines) is 1. The molecular weight excluding hydrogens is 444 g/mol. The summed E-state index contributed by atoms with van der Waals surface area (Å²) in [6.45, 7) is 3.25. The number of hydrogen-bond donors (Lipinski definition) is 0. The highest BCUT2D eigenvalue weighted by Gasteiger charge is 2.67. The summed E-state index contributed by atoms with van der Waals surface area (Å²) in [5, 5.41) is 0.474. The predicted molar refractivity (Wildman–Crippen MR) is 108 cm³/mol. The summed E-state index contributed by atoms with van der Waals surface area (Å²) < 4.78 is 0.736. The van der Waals surface area contributed by atoms with Crippen LogP contribution in [0.1, 0.15) is 18.9 Å². The Kier molecular flexibility index (Phi) is 4.05. The van der Waals surface area contributed by atoms with E-state index in [0.29, 0.717) is 22.5 Å². The van der Waals surface area contributed by atoms with E-state index in [1.165, 1.54) is 16.7 Å². The molecular formula is C21H20BrClN2O3. The van der Waals surface area contributed by atoms with Crippen molar-refractivity contribution in [2.75, 3.05) is 11.6 Å². The van der Waals surface area contributed by atoms with Crippen LogP contribution in [0.5, 0.6) is 0 Å². The van der Waals surface area contributed by atoms with E-state index in [1.807, 2.05) is 13.0 Å². The van der Waals surface area contributed by atoms with Crippen LogP contribution in [-0.2, 0) is 14.4 Å². The molecule has 5 aliphatic rings. The molecule has 2 bridgehead atoms. The summed E-state index contributed by atoms with van der Waals surface area (Å²) in [7, 11) is 0. The molecule has 5 nitrogen and oxygen atoms in total. The van der Waals surface area contributed by atoms with Crippen LogP contribution >= 0.6 is 27.5 Å². The van der Waals surface area contributed by atoms with E-state index in [1.54, 1.807) is 6.07 Å². The first kappa shape index (κ1) is 18.4. The van der Waals surface area contributed by atoms with Gasteiger partial charge in [-0.3, -0.25) is 24.2 Å². The largest absolute Gasteiger partial charge is 0.294 e. The molecule has 28 heavy (non-hydrogen) atoms. The Hall–Kier alpha value is -1.66. The Morgan fingerprint density at radius 2 is 1.75 bits per heavy atom. The third-order valence-corrected chi connectivity index (χ3v) is 8.14. The number of anilines is 1. The van der Waals surface area contributed by atoms with Gasteiger partial charge < -0.3 is 0 Å². The predicted octanol–water partition coefficient (Wildman–Crippen LogP) is 3.77. The number of carbonyl (C=O) groups excluding carboxylic acids is 3. The molecule has 6 unspecified atom stereocenters. The lowest BCUT2D eigenvalue weighted by molar-refractivity contribution is -0.140. The Labute approximate surface area is 176 Å². The van der Waals surface area contributed by atoms with E-state index in [4.69, 9.17) is 11.6 Å². The minimum absolute atomic E-state index is 0.0619. The van der Waals surface area contributed by atoms with Gasteiger partial charge in [-0.25, -0.2) is 0 Å². The molecule has 0 N–H and O–H groups in total. The fraction of sp³-hybridized carbons (Fsp3) is 0.476. The van der Waals surface area contributed by atoms with Gasteiger partial charge in [-0.15, -0.1) is 0 Å². The van der Waals surface area contributed by atoms with Gasteiger partial charge in [0.1, 0.15) is 6.67 Å². The van der Waals surface area contributed by atoms with E-state index in [9.17, 15) is 14.4 Å². The smallest absolute Gasteiger partial charge is 0.235 e. The first-order valence-electron chi connectivity index (χ1n) is 9.57. The SMILES string of the molecule is CC(=O)N(CN1C(=O)C2C3C=CC(C4CC34)C2C1=O)c1cc(Cl)c(Br)cc1C. The number of rotatable bonds is 3. The summed E-state index contributed by atoms with van der Waals surface area (Å²) in [4.78, 5) is 41.6. The molecule has 3 fully saturated rings. The van der Waals surface area contributed by atoms with Crippen molar-refractivity contribution in [3.05, 3.63) is 39.3 Å². The van der Waals surface area contributed by atoms with Crippen LogP contribution in [0.4, 0.5) is 5.69 Å². The molecule has 7 heteroatoms. The normalized spacial score (nSPS) is 34.5. The highest BCUT2D eigenvalue weighted by atomic mass is 79.9. The molecule has 1 aromatic rings. The maximum Gasteiger partial charge on any atom is 0.235 e. The van der Waals surface area contributed by atoms with Crippen molar-refractivity contribution in [2.24, 2.45) is 35.5 Å². The fourth-order valence-electron chi connectivity index (χ4n) is 5.57. The Morgan fingerprint density at radius 3 is 2.29 bits per heavy atom. The summed E-state index contributed by atoms with van der Waals surface area (Å²) in [6.07, 6.45) is 5.43. The third-order valence-electron chi connectivity index (χ3n) is 6.95. The molecule has 1 aliphatic heterocycles. The van der Waals surface area contributed by atoms with Gasteiger partial charge in [-0.05, 0) is 70.6 Å². The summed E-state index contributed by atoms with van der Waals surface area (Å²) in [5.41, 5.74) is 1.45. The summed E-state index contributed by atoms with van der Waals surface area (Å²) in [5.74, 6) is 0.463. The lowest BCUT2D eigenvalue weighted by Crippen LogP contribution is -2.44. The number of nitrogens with zero attached hydrogens (tertiary/aromatic N) is 2.